The predicted octanol–water partition coefficient (Wildman–Crippen LogP) is 3.50. The second-order valence-corrected chi connectivity index (χ2v) is 8.28. The van der Waals surface area contributed by atoms with E-state index in [0.717, 1.165) is 32.5 Å². The molecule has 0 radical (unpaired) electrons. The monoisotopic (exact) mass is 336 g/mol. The van der Waals surface area contributed by atoms with Crippen molar-refractivity contribution in [3.05, 3.63) is 0 Å². The Bertz CT molecular complexity index is 377. The Hall–Kier alpha value is -0.610. The Labute approximate surface area is 147 Å². The van der Waals surface area contributed by atoms with Gasteiger partial charge in [0.15, 0.2) is 0 Å². The Kier molecular flexibility index (Phi) is 6.96. The molecule has 0 aromatic rings. The van der Waals surface area contributed by atoms with Gasteiger partial charge in [-0.1, -0.05) is 19.3 Å². The van der Waals surface area contributed by atoms with Crippen LogP contribution in [0.3, 0.4) is 0 Å². The maximum atomic E-state index is 12.0. The quantitative estimate of drug-likeness (QED) is 0.807. The number of likely N-dealkylation sites (tertiary alicyclic amines) is 1. The molecule has 3 aliphatic rings. The van der Waals surface area contributed by atoms with Crippen LogP contribution in [0.15, 0.2) is 0 Å². The number of hydrogen-bond acceptors (Lipinski definition) is 3. The fourth-order valence-corrected chi connectivity index (χ4v) is 4.82. The highest BCUT2D eigenvalue weighted by atomic mass is 16.5. The van der Waals surface area contributed by atoms with Gasteiger partial charge < -0.3 is 15.0 Å². The molecule has 1 atom stereocenters. The summed E-state index contributed by atoms with van der Waals surface area (Å²) in [6.45, 7) is 5.15. The smallest absolute Gasteiger partial charge is 0.220 e. The van der Waals surface area contributed by atoms with Crippen LogP contribution in [0.2, 0.25) is 0 Å². The average Bonchev–Trinajstić information content (AvgIpc) is 2.63. The number of amides is 1. The molecule has 0 aromatic heterocycles. The second-order valence-electron chi connectivity index (χ2n) is 8.28. The summed E-state index contributed by atoms with van der Waals surface area (Å²) in [5.41, 5.74) is 0.679. The summed E-state index contributed by atoms with van der Waals surface area (Å²) < 4.78 is 5.69. The molecule has 24 heavy (non-hydrogen) atoms. The SMILES string of the molecule is O=C(CC[C@H]1CCCCO1)NCCN1CCC2(CCCCC2)CC1. The molecule has 3 rings (SSSR count). The third kappa shape index (κ3) is 5.45. The van der Waals surface area contributed by atoms with Crippen molar-refractivity contribution in [3.8, 4) is 0 Å². The molecule has 138 valence electrons. The molecule has 0 bridgehead atoms. The first kappa shape index (κ1) is 18.2. The van der Waals surface area contributed by atoms with Crippen molar-refractivity contribution >= 4 is 5.91 Å². The highest BCUT2D eigenvalue weighted by Gasteiger charge is 2.35. The molecular weight excluding hydrogens is 300 g/mol. The highest BCUT2D eigenvalue weighted by Crippen LogP contribution is 2.44. The minimum absolute atomic E-state index is 0.199. The third-order valence-corrected chi connectivity index (χ3v) is 6.55. The maximum Gasteiger partial charge on any atom is 0.220 e. The van der Waals surface area contributed by atoms with Gasteiger partial charge in [0.05, 0.1) is 6.10 Å². The Morgan fingerprint density at radius 3 is 2.54 bits per heavy atom. The van der Waals surface area contributed by atoms with Crippen LogP contribution in [0, 0.1) is 5.41 Å². The highest BCUT2D eigenvalue weighted by molar-refractivity contribution is 5.75. The van der Waals surface area contributed by atoms with Gasteiger partial charge in [-0.3, -0.25) is 4.79 Å². The van der Waals surface area contributed by atoms with Gasteiger partial charge in [0.1, 0.15) is 0 Å². The molecule has 1 amide bonds. The van der Waals surface area contributed by atoms with E-state index in [2.05, 4.69) is 10.2 Å². The van der Waals surface area contributed by atoms with Gasteiger partial charge >= 0.3 is 0 Å². The normalized spacial score (nSPS) is 27.9. The Morgan fingerprint density at radius 2 is 1.83 bits per heavy atom. The predicted molar refractivity (Wildman–Crippen MR) is 97.0 cm³/mol. The minimum Gasteiger partial charge on any atom is -0.378 e. The van der Waals surface area contributed by atoms with Crippen molar-refractivity contribution in [1.82, 2.24) is 10.2 Å². The standard InChI is InChI=1S/C20H36N2O2/c23-19(8-7-18-6-2-5-17-24-18)21-13-16-22-14-11-20(12-15-22)9-3-1-4-10-20/h18H,1-17H2,(H,21,23)/t18-/m1/s1. The van der Waals surface area contributed by atoms with Crippen molar-refractivity contribution in [2.75, 3.05) is 32.8 Å². The number of hydrogen-bond donors (Lipinski definition) is 1. The van der Waals surface area contributed by atoms with Gasteiger partial charge in [-0.25, -0.2) is 0 Å². The fourth-order valence-electron chi connectivity index (χ4n) is 4.82. The van der Waals surface area contributed by atoms with Gasteiger partial charge in [-0.05, 0) is 69.9 Å². The zero-order valence-electron chi connectivity index (χ0n) is 15.4. The molecule has 1 saturated carbocycles. The second kappa shape index (κ2) is 9.19. The van der Waals surface area contributed by atoms with E-state index in [1.165, 1.54) is 70.9 Å². The van der Waals surface area contributed by atoms with Gasteiger partial charge in [-0.2, -0.15) is 0 Å². The molecule has 0 aromatic carbocycles. The van der Waals surface area contributed by atoms with Crippen LogP contribution in [-0.2, 0) is 9.53 Å². The molecule has 2 saturated heterocycles. The van der Waals surface area contributed by atoms with E-state index in [9.17, 15) is 4.79 Å². The summed E-state index contributed by atoms with van der Waals surface area (Å²) in [6.07, 6.45) is 15.4. The number of rotatable bonds is 6. The number of carbonyl (C=O) groups excluding carboxylic acids is 1. The molecule has 2 heterocycles. The van der Waals surface area contributed by atoms with E-state index in [4.69, 9.17) is 4.74 Å². The summed E-state index contributed by atoms with van der Waals surface area (Å²) in [5.74, 6) is 0.199. The number of nitrogens with zero attached hydrogens (tertiary/aromatic N) is 1. The summed E-state index contributed by atoms with van der Waals surface area (Å²) in [7, 11) is 0. The molecule has 3 fully saturated rings. The van der Waals surface area contributed by atoms with E-state index in [0.29, 0.717) is 17.9 Å². The average molecular weight is 337 g/mol. The topological polar surface area (TPSA) is 41.6 Å². The van der Waals surface area contributed by atoms with Crippen molar-refractivity contribution in [3.63, 3.8) is 0 Å². The first-order chi connectivity index (χ1) is 11.8. The molecular formula is C20H36N2O2. The van der Waals surface area contributed by atoms with Gasteiger partial charge in [0.25, 0.3) is 0 Å². The van der Waals surface area contributed by atoms with Crippen LogP contribution in [0.4, 0.5) is 0 Å². The van der Waals surface area contributed by atoms with Crippen LogP contribution in [0.5, 0.6) is 0 Å². The number of ether oxygens (including phenoxy) is 1. The molecule has 0 unspecified atom stereocenters. The molecule has 2 aliphatic heterocycles. The third-order valence-electron chi connectivity index (χ3n) is 6.55. The largest absolute Gasteiger partial charge is 0.378 e. The summed E-state index contributed by atoms with van der Waals surface area (Å²) >= 11 is 0. The van der Waals surface area contributed by atoms with Crippen LogP contribution in [0.25, 0.3) is 0 Å². The summed E-state index contributed by atoms with van der Waals surface area (Å²) in [4.78, 5) is 14.5. The molecule has 1 spiro atoms. The van der Waals surface area contributed by atoms with Crippen LogP contribution in [0.1, 0.15) is 77.0 Å². The lowest BCUT2D eigenvalue weighted by atomic mass is 9.68. The zero-order valence-corrected chi connectivity index (χ0v) is 15.4. The van der Waals surface area contributed by atoms with Crippen LogP contribution >= 0.6 is 0 Å². The van der Waals surface area contributed by atoms with E-state index < -0.39 is 0 Å². The number of nitrogens with one attached hydrogen (secondary N) is 1. The summed E-state index contributed by atoms with van der Waals surface area (Å²) in [6, 6.07) is 0. The molecule has 1 aliphatic carbocycles. The first-order valence-corrected chi connectivity index (χ1v) is 10.4. The summed E-state index contributed by atoms with van der Waals surface area (Å²) in [5, 5.41) is 3.10. The van der Waals surface area contributed by atoms with Crippen molar-refractivity contribution < 1.29 is 9.53 Å². The van der Waals surface area contributed by atoms with Crippen LogP contribution in [-0.4, -0.2) is 49.7 Å². The lowest BCUT2D eigenvalue weighted by molar-refractivity contribution is -0.122. The van der Waals surface area contributed by atoms with Crippen molar-refractivity contribution in [2.24, 2.45) is 5.41 Å². The van der Waals surface area contributed by atoms with Crippen LogP contribution < -0.4 is 5.32 Å². The Morgan fingerprint density at radius 1 is 1.04 bits per heavy atom. The maximum absolute atomic E-state index is 12.0. The van der Waals surface area contributed by atoms with Gasteiger partial charge in [-0.15, -0.1) is 0 Å². The van der Waals surface area contributed by atoms with E-state index >= 15 is 0 Å². The lowest BCUT2D eigenvalue weighted by Gasteiger charge is -2.44. The van der Waals surface area contributed by atoms with Crippen molar-refractivity contribution in [2.45, 2.75) is 83.2 Å². The number of piperidine rings is 1. The minimum atomic E-state index is 0.199. The first-order valence-electron chi connectivity index (χ1n) is 10.4. The van der Waals surface area contributed by atoms with Gasteiger partial charge in [0, 0.05) is 26.1 Å². The number of carbonyl (C=O) groups is 1. The van der Waals surface area contributed by atoms with E-state index in [-0.39, 0.29) is 5.91 Å². The Balaban J connectivity index is 1.25. The van der Waals surface area contributed by atoms with Gasteiger partial charge in [0.2, 0.25) is 5.91 Å². The fraction of sp³-hybridized carbons (Fsp3) is 0.950. The molecule has 4 heteroatoms. The van der Waals surface area contributed by atoms with E-state index in [1.54, 1.807) is 0 Å². The molecule has 1 N–H and O–H groups in total. The lowest BCUT2D eigenvalue weighted by Crippen LogP contribution is -2.44. The molecule has 4 nitrogen and oxygen atoms in total. The zero-order chi connectivity index (χ0) is 16.7. The van der Waals surface area contributed by atoms with E-state index in [1.807, 2.05) is 0 Å². The van der Waals surface area contributed by atoms with Crippen molar-refractivity contribution in [1.29, 1.82) is 0 Å².